The maximum Gasteiger partial charge on any atom is 1.00 e. The molecule has 33 heavy (non-hydrogen) atoms. The van der Waals surface area contributed by atoms with Crippen LogP contribution in [0.25, 0.3) is 5.32 Å². The number of hydrogen-bond donors (Lipinski definition) is 3. The van der Waals surface area contributed by atoms with E-state index in [1.165, 1.54) is 7.05 Å². The van der Waals surface area contributed by atoms with Crippen molar-refractivity contribution in [2.45, 2.75) is 50.5 Å². The van der Waals surface area contributed by atoms with Crippen molar-refractivity contribution in [1.29, 1.82) is 5.41 Å². The van der Waals surface area contributed by atoms with Gasteiger partial charge in [-0.25, -0.2) is 4.39 Å². The first-order valence-electron chi connectivity index (χ1n) is 9.73. The summed E-state index contributed by atoms with van der Waals surface area (Å²) in [5, 5.41) is 22.1. The average Bonchev–Trinajstić information content (AvgIpc) is 3.35. The molecule has 4 atom stereocenters. The number of fused-ring (bicyclic) bond motifs is 1. The van der Waals surface area contributed by atoms with Crippen molar-refractivity contribution in [1.82, 2.24) is 4.98 Å². The Hall–Kier alpha value is 0.246. The van der Waals surface area contributed by atoms with Crippen LogP contribution in [0.1, 0.15) is 31.9 Å². The molecule has 3 heterocycles. The quantitative estimate of drug-likeness (QED) is 0.405. The van der Waals surface area contributed by atoms with E-state index in [0.29, 0.717) is 28.0 Å². The Balaban J connectivity index is 0.000000274. The van der Waals surface area contributed by atoms with Crippen LogP contribution in [0.15, 0.2) is 24.4 Å². The van der Waals surface area contributed by atoms with Crippen LogP contribution in [-0.4, -0.2) is 53.0 Å². The number of nitrogens with zero attached hydrogens (tertiary/aromatic N) is 1. The molecule has 7 nitrogen and oxygen atoms in total. The van der Waals surface area contributed by atoms with Crippen molar-refractivity contribution in [3.05, 3.63) is 56.7 Å². The first kappa shape index (κ1) is 29.5. The second kappa shape index (κ2) is 11.5. The molecule has 4 rings (SSSR count). The van der Waals surface area contributed by atoms with E-state index in [2.05, 4.69) is 10.3 Å². The van der Waals surface area contributed by atoms with Crippen molar-refractivity contribution in [2.75, 3.05) is 13.7 Å². The molecule has 176 valence electrons. The first-order chi connectivity index (χ1) is 14.9. The topological polar surface area (TPSA) is 102 Å². The van der Waals surface area contributed by atoms with Crippen LogP contribution in [0, 0.1) is 11.2 Å². The maximum absolute atomic E-state index is 12.7. The molecular formula is C21H24Cl3FKN3O4. The van der Waals surface area contributed by atoms with Crippen molar-refractivity contribution >= 4 is 45.8 Å². The maximum atomic E-state index is 12.7. The Morgan fingerprint density at radius 1 is 1.30 bits per heavy atom. The zero-order valence-electron chi connectivity index (χ0n) is 18.9. The third-order valence-electron chi connectivity index (χ3n) is 5.27. The van der Waals surface area contributed by atoms with Crippen molar-refractivity contribution < 1.29 is 75.1 Å². The van der Waals surface area contributed by atoms with Crippen molar-refractivity contribution in [2.24, 2.45) is 0 Å². The number of aromatic nitrogens is 1. The van der Waals surface area contributed by atoms with E-state index in [0.717, 1.165) is 6.20 Å². The largest absolute Gasteiger partial charge is 1.00 e. The molecule has 1 aromatic heterocycles. The fourth-order valence-electron chi connectivity index (χ4n) is 3.77. The summed E-state index contributed by atoms with van der Waals surface area (Å²) < 4.78 is 30.1. The second-order valence-corrected chi connectivity index (χ2v) is 9.26. The molecule has 3 N–H and O–H groups in total. The molecule has 1 aromatic carbocycles. The first-order valence-corrected chi connectivity index (χ1v) is 10.9. The normalized spacial score (nSPS) is 24.7. The number of benzene rings is 1. The van der Waals surface area contributed by atoms with E-state index in [4.69, 9.17) is 54.4 Å². The molecule has 2 aliphatic heterocycles. The summed E-state index contributed by atoms with van der Waals surface area (Å²) in [6, 6.07) is 5.06. The van der Waals surface area contributed by atoms with E-state index >= 15 is 0 Å². The Morgan fingerprint density at radius 2 is 1.97 bits per heavy atom. The number of ether oxygens (including phenoxy) is 3. The summed E-state index contributed by atoms with van der Waals surface area (Å²) >= 11 is 17.3. The van der Waals surface area contributed by atoms with Crippen LogP contribution in [0.5, 0.6) is 0 Å². The van der Waals surface area contributed by atoms with Crippen LogP contribution < -0.4 is 51.4 Å². The minimum atomic E-state index is -1.25. The summed E-state index contributed by atoms with van der Waals surface area (Å²) in [6.45, 7) is 5.80. The van der Waals surface area contributed by atoms with Gasteiger partial charge in [-0.1, -0.05) is 53.7 Å². The van der Waals surface area contributed by atoms with Gasteiger partial charge in [0.2, 0.25) is 0 Å². The minimum absolute atomic E-state index is 0. The van der Waals surface area contributed by atoms with E-state index in [9.17, 15) is 9.50 Å². The SMILES string of the molecule is CC1(C)OC2COC([C@](C)(O)c3ccc(Cl)c(Cl)c3)C2O1.C[N-]c1[nH]cc(F)c1C(=N)Cl.[K+]. The van der Waals surface area contributed by atoms with Gasteiger partial charge in [0, 0.05) is 5.56 Å². The van der Waals surface area contributed by atoms with Gasteiger partial charge < -0.3 is 29.6 Å². The number of nitrogens with one attached hydrogen (secondary N) is 2. The molecule has 0 saturated carbocycles. The van der Waals surface area contributed by atoms with Gasteiger partial charge >= 0.3 is 51.4 Å². The predicted octanol–water partition coefficient (Wildman–Crippen LogP) is 2.48. The fraction of sp³-hybridized carbons (Fsp3) is 0.476. The van der Waals surface area contributed by atoms with Crippen molar-refractivity contribution in [3.8, 4) is 0 Å². The number of halogens is 4. The zero-order valence-corrected chi connectivity index (χ0v) is 24.3. The number of H-pyrrole nitrogens is 1. The van der Waals surface area contributed by atoms with E-state index in [1.54, 1.807) is 25.1 Å². The van der Waals surface area contributed by atoms with Gasteiger partial charge in [-0.15, -0.1) is 0 Å². The van der Waals surface area contributed by atoms with Gasteiger partial charge in [-0.3, -0.25) is 5.41 Å². The van der Waals surface area contributed by atoms with E-state index < -0.39 is 23.3 Å². The van der Waals surface area contributed by atoms with Gasteiger partial charge in [-0.05, 0) is 44.7 Å². The fourth-order valence-corrected chi connectivity index (χ4v) is 4.25. The zero-order chi connectivity index (χ0) is 23.8. The third kappa shape index (κ3) is 6.52. The summed E-state index contributed by atoms with van der Waals surface area (Å²) in [5.41, 5.74) is -0.595. The van der Waals surface area contributed by atoms with E-state index in [1.807, 2.05) is 13.8 Å². The average molecular weight is 547 g/mol. The van der Waals surface area contributed by atoms with Gasteiger partial charge in [0.15, 0.2) is 5.79 Å². The molecular weight excluding hydrogens is 523 g/mol. The number of aliphatic hydroxyl groups is 1. The van der Waals surface area contributed by atoms with Crippen LogP contribution in [0.3, 0.4) is 0 Å². The minimum Gasteiger partial charge on any atom is -0.468 e. The Labute approximate surface area is 249 Å². The molecule has 0 aliphatic carbocycles. The summed E-state index contributed by atoms with van der Waals surface area (Å²) in [7, 11) is 1.49. The molecule has 0 radical (unpaired) electrons. The molecule has 12 heteroatoms. The Kier molecular flexibility index (Phi) is 10.3. The standard InChI is InChI=1S/C15H18Cl2O4.C6H6ClFN3.K/c1-14(2)20-11-7-19-13(12(11)21-14)15(3,18)8-4-5-9(16)10(17)6-8;1-10-6-4(5(7)9)3(8)2-11-6;/h4-6,11-13,18H,7H2,1-3H3;2,9,11H,1H3;/q;-1;+1/t11?,12?,13?,15-;;/m1../s1. The molecule has 0 bridgehead atoms. The molecule has 2 aliphatic rings. The second-order valence-electron chi connectivity index (χ2n) is 8.07. The van der Waals surface area contributed by atoms with Crippen LogP contribution in [0.2, 0.25) is 10.0 Å². The molecule has 0 spiro atoms. The van der Waals surface area contributed by atoms with Gasteiger partial charge in [0.05, 0.1) is 16.7 Å². The van der Waals surface area contributed by atoms with Crippen LogP contribution >= 0.6 is 34.8 Å². The Morgan fingerprint density at radius 3 is 2.52 bits per heavy atom. The van der Waals surface area contributed by atoms with Gasteiger partial charge in [-0.2, -0.15) is 0 Å². The summed E-state index contributed by atoms with van der Waals surface area (Å²) in [6.07, 6.45) is 0.111. The number of hydrogen-bond acceptors (Lipinski definition) is 5. The van der Waals surface area contributed by atoms with Crippen molar-refractivity contribution in [3.63, 3.8) is 0 Å². The van der Waals surface area contributed by atoms with Gasteiger partial charge in [0.25, 0.3) is 0 Å². The molecule has 2 aromatic rings. The number of aromatic amines is 1. The van der Waals surface area contributed by atoms with E-state index in [-0.39, 0.29) is 74.3 Å². The summed E-state index contributed by atoms with van der Waals surface area (Å²) in [5.74, 6) is -0.918. The molecule has 2 saturated heterocycles. The third-order valence-corrected chi connectivity index (χ3v) is 6.20. The van der Waals surface area contributed by atoms with Gasteiger partial charge in [0.1, 0.15) is 34.9 Å². The monoisotopic (exact) mass is 545 g/mol. The van der Waals surface area contributed by atoms with Crippen LogP contribution in [-0.2, 0) is 19.8 Å². The smallest absolute Gasteiger partial charge is 0.468 e. The molecule has 0 amide bonds. The summed E-state index contributed by atoms with van der Waals surface area (Å²) in [4.78, 5) is 2.54. The Bertz CT molecular complexity index is 1010. The number of rotatable bonds is 4. The predicted molar refractivity (Wildman–Crippen MR) is 122 cm³/mol. The van der Waals surface area contributed by atoms with Crippen LogP contribution in [0.4, 0.5) is 10.2 Å². The molecule has 3 unspecified atom stereocenters. The molecule has 2 fully saturated rings.